The van der Waals surface area contributed by atoms with Crippen molar-refractivity contribution in [3.63, 3.8) is 0 Å². The normalized spacial score (nSPS) is 12.0. The van der Waals surface area contributed by atoms with Gasteiger partial charge < -0.3 is 34.3 Å². The molecule has 0 aromatic heterocycles. The lowest BCUT2D eigenvalue weighted by Gasteiger charge is -2.20. The Balaban J connectivity index is 1.18. The molecule has 0 saturated heterocycles. The summed E-state index contributed by atoms with van der Waals surface area (Å²) in [5.41, 5.74) is 6.78. The van der Waals surface area contributed by atoms with Crippen molar-refractivity contribution in [2.45, 2.75) is 38.9 Å². The molecular weight excluding hydrogens is 600 g/mol. The fourth-order valence-corrected chi connectivity index (χ4v) is 4.62. The minimum absolute atomic E-state index is 0.0871. The lowest BCUT2D eigenvalue weighted by Crippen LogP contribution is -2.29. The van der Waals surface area contributed by atoms with E-state index < -0.39 is 0 Å². The number of ether oxygens (including phenoxy) is 5. The van der Waals surface area contributed by atoms with Crippen LogP contribution in [0.2, 0.25) is 0 Å². The molecule has 2 unspecified atom stereocenters. The molecule has 4 rings (SSSR count). The predicted molar refractivity (Wildman–Crippen MR) is 196 cm³/mol. The second kappa shape index (κ2) is 19.6. The zero-order valence-corrected chi connectivity index (χ0v) is 28.2. The third-order valence-electron chi connectivity index (χ3n) is 7.53. The number of hydrogen-bond acceptors (Lipinski definition) is 7. The Bertz CT molecular complexity index is 1530. The van der Waals surface area contributed by atoms with Gasteiger partial charge in [0.05, 0.1) is 6.10 Å². The van der Waals surface area contributed by atoms with Crippen LogP contribution in [0.1, 0.15) is 28.7 Å². The SMILES string of the molecule is C=CCC(COc1ccc(C)cc1)OCNc1ccc(Cc2ccc(NCOC(COC(=C)C=C)COc3ccc(C)cc3)cc2)cc1. The van der Waals surface area contributed by atoms with Crippen LogP contribution in [0.25, 0.3) is 0 Å². The molecule has 0 aliphatic rings. The van der Waals surface area contributed by atoms with Gasteiger partial charge in [-0.1, -0.05) is 78.9 Å². The summed E-state index contributed by atoms with van der Waals surface area (Å²) in [4.78, 5) is 0. The van der Waals surface area contributed by atoms with Crippen molar-refractivity contribution < 1.29 is 23.7 Å². The van der Waals surface area contributed by atoms with E-state index >= 15 is 0 Å². The number of nitrogens with one attached hydrogen (secondary N) is 2. The Morgan fingerprint density at radius 2 is 1.08 bits per heavy atom. The average Bonchev–Trinajstić information content (AvgIpc) is 3.10. The Morgan fingerprint density at radius 3 is 1.54 bits per heavy atom. The number of hydrogen-bond donors (Lipinski definition) is 2. The highest BCUT2D eigenvalue weighted by atomic mass is 16.6. The molecule has 252 valence electrons. The molecule has 7 nitrogen and oxygen atoms in total. The zero-order chi connectivity index (χ0) is 34.0. The van der Waals surface area contributed by atoms with Crippen LogP contribution in [-0.4, -0.2) is 45.5 Å². The van der Waals surface area contributed by atoms with Crippen molar-refractivity contribution in [3.8, 4) is 11.5 Å². The van der Waals surface area contributed by atoms with E-state index in [0.717, 1.165) is 29.3 Å². The minimum Gasteiger partial charge on any atom is -0.491 e. The van der Waals surface area contributed by atoms with E-state index in [1.165, 1.54) is 22.3 Å². The van der Waals surface area contributed by atoms with Gasteiger partial charge in [-0.05, 0) is 92.4 Å². The molecule has 2 N–H and O–H groups in total. The van der Waals surface area contributed by atoms with Crippen molar-refractivity contribution in [1.29, 1.82) is 0 Å². The highest BCUT2D eigenvalue weighted by Gasteiger charge is 2.13. The van der Waals surface area contributed by atoms with E-state index in [-0.39, 0.29) is 12.2 Å². The molecule has 7 heteroatoms. The van der Waals surface area contributed by atoms with Gasteiger partial charge in [0.2, 0.25) is 0 Å². The van der Waals surface area contributed by atoms with E-state index in [1.54, 1.807) is 6.08 Å². The summed E-state index contributed by atoms with van der Waals surface area (Å²) in [6, 6.07) is 32.7. The summed E-state index contributed by atoms with van der Waals surface area (Å²) in [5, 5.41) is 6.67. The molecule has 4 aromatic rings. The van der Waals surface area contributed by atoms with Gasteiger partial charge in [0.25, 0.3) is 0 Å². The Morgan fingerprint density at radius 1 is 0.625 bits per heavy atom. The lowest BCUT2D eigenvalue weighted by molar-refractivity contribution is -0.0129. The summed E-state index contributed by atoms with van der Waals surface area (Å²) in [5.74, 6) is 2.12. The van der Waals surface area contributed by atoms with Crippen LogP contribution in [0.3, 0.4) is 0 Å². The monoisotopic (exact) mass is 648 g/mol. The van der Waals surface area contributed by atoms with Crippen molar-refractivity contribution in [2.75, 3.05) is 43.9 Å². The lowest BCUT2D eigenvalue weighted by atomic mass is 10.0. The average molecular weight is 649 g/mol. The number of anilines is 2. The second-order valence-electron chi connectivity index (χ2n) is 11.5. The van der Waals surface area contributed by atoms with Crippen LogP contribution in [0.4, 0.5) is 11.4 Å². The van der Waals surface area contributed by atoms with E-state index in [4.69, 9.17) is 23.7 Å². The van der Waals surface area contributed by atoms with Crippen molar-refractivity contribution in [2.24, 2.45) is 0 Å². The van der Waals surface area contributed by atoms with Crippen molar-refractivity contribution in [3.05, 3.63) is 157 Å². The first-order chi connectivity index (χ1) is 23.4. The molecule has 0 aliphatic carbocycles. The number of rotatable bonds is 22. The minimum atomic E-state index is -0.301. The third-order valence-corrected chi connectivity index (χ3v) is 7.53. The van der Waals surface area contributed by atoms with E-state index in [2.05, 4.69) is 85.8 Å². The third kappa shape index (κ3) is 13.0. The van der Waals surface area contributed by atoms with Gasteiger partial charge in [-0.15, -0.1) is 6.58 Å². The van der Waals surface area contributed by atoms with Crippen molar-refractivity contribution >= 4 is 11.4 Å². The standard InChI is InChI=1S/C41H48N2O5/c1-6-8-40(26-45-38-21-9-31(3)10-22-38)47-29-42-36-17-13-34(14-18-36)25-35-15-19-37(20-16-35)43-30-48-41(27-44-33(5)7-2)28-46-39-23-11-32(4)12-24-39/h6-7,9-24,40-43H,1-2,5,8,25-30H2,3-4H3. The summed E-state index contributed by atoms with van der Waals surface area (Å²) in [7, 11) is 0. The fourth-order valence-electron chi connectivity index (χ4n) is 4.62. The maximum atomic E-state index is 6.05. The molecular formula is C41H48N2O5. The Kier molecular flexibility index (Phi) is 14.7. The molecule has 4 aromatic carbocycles. The van der Waals surface area contributed by atoms with Gasteiger partial charge in [-0.3, -0.25) is 0 Å². The first-order valence-electron chi connectivity index (χ1n) is 16.2. The largest absolute Gasteiger partial charge is 0.491 e. The van der Waals surface area contributed by atoms with Crippen LogP contribution < -0.4 is 20.1 Å². The van der Waals surface area contributed by atoms with Gasteiger partial charge in [-0.2, -0.15) is 0 Å². The summed E-state index contributed by atoms with van der Waals surface area (Å²) in [6.07, 6.45) is 4.58. The fraction of sp³-hybridized carbons (Fsp3) is 0.268. The molecule has 0 bridgehead atoms. The molecule has 0 spiro atoms. The summed E-state index contributed by atoms with van der Waals surface area (Å²) >= 11 is 0. The molecule has 0 radical (unpaired) electrons. The Hall–Kier alpha value is -4.98. The number of aryl methyl sites for hydroxylation is 2. The molecule has 0 aliphatic heterocycles. The predicted octanol–water partition coefficient (Wildman–Crippen LogP) is 8.85. The summed E-state index contributed by atoms with van der Waals surface area (Å²) in [6.45, 7) is 17.3. The maximum Gasteiger partial charge on any atom is 0.128 e. The molecule has 0 heterocycles. The zero-order valence-electron chi connectivity index (χ0n) is 28.2. The second-order valence-corrected chi connectivity index (χ2v) is 11.5. The van der Waals surface area contributed by atoms with Gasteiger partial charge in [0.1, 0.15) is 56.6 Å². The number of allylic oxidation sites excluding steroid dienone is 1. The van der Waals surface area contributed by atoms with Gasteiger partial charge >= 0.3 is 0 Å². The quantitative estimate of drug-likeness (QED) is 0.0382. The van der Waals surface area contributed by atoms with Gasteiger partial charge in [0, 0.05) is 11.4 Å². The van der Waals surface area contributed by atoms with Crippen LogP contribution in [-0.2, 0) is 20.6 Å². The first kappa shape index (κ1) is 35.9. The van der Waals surface area contributed by atoms with Crippen LogP contribution >= 0.6 is 0 Å². The Labute approximate surface area is 285 Å². The van der Waals surface area contributed by atoms with Crippen LogP contribution in [0, 0.1) is 13.8 Å². The van der Waals surface area contributed by atoms with Crippen LogP contribution in [0.15, 0.2) is 135 Å². The van der Waals surface area contributed by atoms with Gasteiger partial charge in [-0.25, -0.2) is 0 Å². The smallest absolute Gasteiger partial charge is 0.128 e. The number of benzene rings is 4. The molecule has 0 saturated carbocycles. The topological polar surface area (TPSA) is 70.2 Å². The van der Waals surface area contributed by atoms with Crippen LogP contribution in [0.5, 0.6) is 11.5 Å². The molecule has 0 amide bonds. The van der Waals surface area contributed by atoms with E-state index in [9.17, 15) is 0 Å². The molecule has 0 fully saturated rings. The van der Waals surface area contributed by atoms with Gasteiger partial charge in [0.15, 0.2) is 0 Å². The molecule has 2 atom stereocenters. The molecule has 48 heavy (non-hydrogen) atoms. The highest BCUT2D eigenvalue weighted by Crippen LogP contribution is 2.18. The van der Waals surface area contributed by atoms with Crippen molar-refractivity contribution in [1.82, 2.24) is 0 Å². The van der Waals surface area contributed by atoms with E-state index in [1.807, 2.05) is 61.5 Å². The highest BCUT2D eigenvalue weighted by molar-refractivity contribution is 5.47. The summed E-state index contributed by atoms with van der Waals surface area (Å²) < 4.78 is 29.6. The van der Waals surface area contributed by atoms with E-state index in [0.29, 0.717) is 45.5 Å². The first-order valence-corrected chi connectivity index (χ1v) is 16.2. The maximum absolute atomic E-state index is 6.05.